The fourth-order valence-electron chi connectivity index (χ4n) is 2.54. The summed E-state index contributed by atoms with van der Waals surface area (Å²) in [5.41, 5.74) is 3.79. The highest BCUT2D eigenvalue weighted by atomic mass is 16.4. The van der Waals surface area contributed by atoms with Gasteiger partial charge in [-0.3, -0.25) is 4.90 Å². The molecule has 0 spiro atoms. The van der Waals surface area contributed by atoms with E-state index in [2.05, 4.69) is 36.2 Å². The Morgan fingerprint density at radius 3 is 2.05 bits per heavy atom. The standard InChI is InChI=1S/C18H19NO2/c1-19(17-10-11-17)12-13-2-4-14(5-3-13)15-6-8-16(9-7-15)18(20)21/h2-9,17H,10-12H2,1H3,(H,20,21). The van der Waals surface area contributed by atoms with Gasteiger partial charge >= 0.3 is 5.97 Å². The first-order chi connectivity index (χ1) is 10.1. The predicted octanol–water partition coefficient (Wildman–Crippen LogP) is 3.65. The summed E-state index contributed by atoms with van der Waals surface area (Å²) in [4.78, 5) is 13.3. The van der Waals surface area contributed by atoms with Gasteiger partial charge in [0, 0.05) is 12.6 Å². The third-order valence-corrected chi connectivity index (χ3v) is 4.02. The number of aromatic carboxylic acids is 1. The monoisotopic (exact) mass is 281 g/mol. The van der Waals surface area contributed by atoms with Gasteiger partial charge in [0.2, 0.25) is 0 Å². The number of hydrogen-bond acceptors (Lipinski definition) is 2. The molecule has 3 nitrogen and oxygen atoms in total. The fraction of sp³-hybridized carbons (Fsp3) is 0.278. The van der Waals surface area contributed by atoms with Crippen molar-refractivity contribution < 1.29 is 9.90 Å². The average molecular weight is 281 g/mol. The molecule has 1 fully saturated rings. The molecule has 1 aliphatic rings. The Kier molecular flexibility index (Phi) is 3.76. The van der Waals surface area contributed by atoms with Gasteiger partial charge in [0.1, 0.15) is 0 Å². The summed E-state index contributed by atoms with van der Waals surface area (Å²) in [6, 6.07) is 16.3. The summed E-state index contributed by atoms with van der Waals surface area (Å²) in [6.45, 7) is 0.989. The SMILES string of the molecule is CN(Cc1ccc(-c2ccc(C(=O)O)cc2)cc1)C1CC1. The first kappa shape index (κ1) is 13.8. The third kappa shape index (κ3) is 3.31. The van der Waals surface area contributed by atoms with Gasteiger partial charge < -0.3 is 5.11 Å². The largest absolute Gasteiger partial charge is 0.478 e. The summed E-state index contributed by atoms with van der Waals surface area (Å²) in [5, 5.41) is 8.91. The summed E-state index contributed by atoms with van der Waals surface area (Å²) in [6.07, 6.45) is 2.65. The Morgan fingerprint density at radius 1 is 1.05 bits per heavy atom. The van der Waals surface area contributed by atoms with Crippen molar-refractivity contribution in [3.63, 3.8) is 0 Å². The molecule has 2 aromatic carbocycles. The zero-order valence-corrected chi connectivity index (χ0v) is 12.1. The summed E-state index contributed by atoms with van der Waals surface area (Å²) in [7, 11) is 2.18. The van der Waals surface area contributed by atoms with Crippen LogP contribution in [0.15, 0.2) is 48.5 Å². The smallest absolute Gasteiger partial charge is 0.335 e. The summed E-state index contributed by atoms with van der Waals surface area (Å²) >= 11 is 0. The molecule has 3 rings (SSSR count). The van der Waals surface area contributed by atoms with Crippen molar-refractivity contribution in [3.8, 4) is 11.1 Å². The van der Waals surface area contributed by atoms with E-state index in [1.807, 2.05) is 12.1 Å². The molecule has 0 aromatic heterocycles. The molecule has 0 bridgehead atoms. The van der Waals surface area contributed by atoms with Crippen molar-refractivity contribution >= 4 is 5.97 Å². The number of hydrogen-bond donors (Lipinski definition) is 1. The Hall–Kier alpha value is -2.13. The highest BCUT2D eigenvalue weighted by molar-refractivity contribution is 5.88. The number of carboxylic acid groups (broad SMARTS) is 1. The number of carbonyl (C=O) groups is 1. The quantitative estimate of drug-likeness (QED) is 0.909. The number of carboxylic acids is 1. The maximum Gasteiger partial charge on any atom is 0.335 e. The summed E-state index contributed by atoms with van der Waals surface area (Å²) < 4.78 is 0. The molecule has 3 heteroatoms. The van der Waals surface area contributed by atoms with Crippen LogP contribution in [-0.4, -0.2) is 29.1 Å². The molecule has 1 saturated carbocycles. The molecule has 0 saturated heterocycles. The van der Waals surface area contributed by atoms with E-state index in [1.54, 1.807) is 12.1 Å². The maximum absolute atomic E-state index is 10.9. The number of nitrogens with zero attached hydrogens (tertiary/aromatic N) is 1. The van der Waals surface area contributed by atoms with Crippen molar-refractivity contribution in [1.82, 2.24) is 4.90 Å². The zero-order valence-electron chi connectivity index (χ0n) is 12.1. The Morgan fingerprint density at radius 2 is 1.57 bits per heavy atom. The van der Waals surface area contributed by atoms with E-state index < -0.39 is 5.97 Å². The van der Waals surface area contributed by atoms with Crippen LogP contribution in [0.25, 0.3) is 11.1 Å². The van der Waals surface area contributed by atoms with Crippen molar-refractivity contribution in [1.29, 1.82) is 0 Å². The van der Waals surface area contributed by atoms with Crippen molar-refractivity contribution in [3.05, 3.63) is 59.7 Å². The number of benzene rings is 2. The predicted molar refractivity (Wildman–Crippen MR) is 83.3 cm³/mol. The Labute approximate surface area is 124 Å². The normalized spacial score (nSPS) is 14.4. The van der Waals surface area contributed by atoms with Crippen molar-refractivity contribution in [2.24, 2.45) is 0 Å². The van der Waals surface area contributed by atoms with Crippen molar-refractivity contribution in [2.45, 2.75) is 25.4 Å². The van der Waals surface area contributed by atoms with E-state index in [4.69, 9.17) is 5.11 Å². The molecule has 0 aliphatic heterocycles. The van der Waals surface area contributed by atoms with Crippen molar-refractivity contribution in [2.75, 3.05) is 7.05 Å². The van der Waals surface area contributed by atoms with Crippen LogP contribution in [0.1, 0.15) is 28.8 Å². The minimum atomic E-state index is -0.889. The van der Waals surface area contributed by atoms with Crippen LogP contribution in [0.3, 0.4) is 0 Å². The average Bonchev–Trinajstić information content (AvgIpc) is 3.33. The minimum absolute atomic E-state index is 0.321. The van der Waals surface area contributed by atoms with Crippen LogP contribution in [-0.2, 0) is 6.54 Å². The molecule has 0 unspecified atom stereocenters. The number of rotatable bonds is 5. The van der Waals surface area contributed by atoms with Gasteiger partial charge in [0.25, 0.3) is 0 Å². The van der Waals surface area contributed by atoms with E-state index in [0.717, 1.165) is 23.7 Å². The molecule has 0 atom stereocenters. The zero-order chi connectivity index (χ0) is 14.8. The molecule has 21 heavy (non-hydrogen) atoms. The van der Waals surface area contributed by atoms with E-state index in [1.165, 1.54) is 18.4 Å². The first-order valence-corrected chi connectivity index (χ1v) is 7.26. The van der Waals surface area contributed by atoms with Gasteiger partial charge in [-0.15, -0.1) is 0 Å². The van der Waals surface area contributed by atoms with Gasteiger partial charge in [-0.25, -0.2) is 4.79 Å². The highest BCUT2D eigenvalue weighted by Gasteiger charge is 2.25. The van der Waals surface area contributed by atoms with Crippen LogP contribution < -0.4 is 0 Å². The van der Waals surface area contributed by atoms with Gasteiger partial charge in [-0.1, -0.05) is 36.4 Å². The van der Waals surface area contributed by atoms with Gasteiger partial charge in [-0.05, 0) is 48.7 Å². The second-order valence-corrected chi connectivity index (χ2v) is 5.73. The molecule has 0 heterocycles. The lowest BCUT2D eigenvalue weighted by Crippen LogP contribution is -2.19. The molecule has 1 N–H and O–H groups in total. The highest BCUT2D eigenvalue weighted by Crippen LogP contribution is 2.27. The Balaban J connectivity index is 1.72. The van der Waals surface area contributed by atoms with Crippen LogP contribution in [0.5, 0.6) is 0 Å². The first-order valence-electron chi connectivity index (χ1n) is 7.26. The van der Waals surface area contributed by atoms with Gasteiger partial charge in [0.05, 0.1) is 5.56 Å². The third-order valence-electron chi connectivity index (χ3n) is 4.02. The lowest BCUT2D eigenvalue weighted by Gasteiger charge is -2.15. The molecular formula is C18H19NO2. The maximum atomic E-state index is 10.9. The van der Waals surface area contributed by atoms with E-state index in [0.29, 0.717) is 5.56 Å². The van der Waals surface area contributed by atoms with E-state index >= 15 is 0 Å². The summed E-state index contributed by atoms with van der Waals surface area (Å²) in [5.74, 6) is -0.889. The van der Waals surface area contributed by atoms with Gasteiger partial charge in [0.15, 0.2) is 0 Å². The second kappa shape index (κ2) is 5.70. The lowest BCUT2D eigenvalue weighted by molar-refractivity contribution is 0.0697. The fourth-order valence-corrected chi connectivity index (χ4v) is 2.54. The van der Waals surface area contributed by atoms with Crippen LogP contribution in [0, 0.1) is 0 Å². The lowest BCUT2D eigenvalue weighted by atomic mass is 10.0. The minimum Gasteiger partial charge on any atom is -0.478 e. The molecule has 1 aliphatic carbocycles. The van der Waals surface area contributed by atoms with Gasteiger partial charge in [-0.2, -0.15) is 0 Å². The van der Waals surface area contributed by atoms with E-state index in [-0.39, 0.29) is 0 Å². The topological polar surface area (TPSA) is 40.5 Å². The Bertz CT molecular complexity index is 627. The molecule has 2 aromatic rings. The van der Waals surface area contributed by atoms with E-state index in [9.17, 15) is 4.79 Å². The molecule has 108 valence electrons. The molecule has 0 amide bonds. The molecule has 0 radical (unpaired) electrons. The van der Waals surface area contributed by atoms with Crippen LogP contribution in [0.4, 0.5) is 0 Å². The van der Waals surface area contributed by atoms with Crippen LogP contribution in [0.2, 0.25) is 0 Å². The molecular weight excluding hydrogens is 262 g/mol. The van der Waals surface area contributed by atoms with Crippen LogP contribution >= 0.6 is 0 Å². The second-order valence-electron chi connectivity index (χ2n) is 5.73.